The summed E-state index contributed by atoms with van der Waals surface area (Å²) in [6.45, 7) is 2.30. The number of benzene rings is 1. The summed E-state index contributed by atoms with van der Waals surface area (Å²) < 4.78 is 0. The van der Waals surface area contributed by atoms with Crippen LogP contribution in [0.2, 0.25) is 0 Å². The lowest BCUT2D eigenvalue weighted by Crippen LogP contribution is -1.82. The molecule has 0 atom stereocenters. The van der Waals surface area contributed by atoms with Crippen LogP contribution in [0.4, 0.5) is 0 Å². The van der Waals surface area contributed by atoms with Gasteiger partial charge in [-0.1, -0.05) is 30.9 Å². The van der Waals surface area contributed by atoms with Gasteiger partial charge in [-0.25, -0.2) is 0 Å². The second-order valence-corrected chi connectivity index (χ2v) is 4.38. The molecule has 0 aliphatic carbocycles. The van der Waals surface area contributed by atoms with Crippen molar-refractivity contribution in [2.75, 3.05) is 12.4 Å². The minimum absolute atomic E-state index is 0.137. The maximum atomic E-state index is 8.58. The maximum Gasteiger partial charge on any atom is 0.0540 e. The number of hydrogen-bond acceptors (Lipinski definition) is 2. The molecular weight excluding hydrogens is 204 g/mol. The van der Waals surface area contributed by atoms with Gasteiger partial charge in [0.1, 0.15) is 0 Å². The molecule has 0 saturated carbocycles. The average Bonchev–Trinajstić information content (AvgIpc) is 2.28. The summed E-state index contributed by atoms with van der Waals surface area (Å²) in [6.07, 6.45) is 0.549. The number of thioether (sulfide) groups is 1. The third-order valence-electron chi connectivity index (χ3n) is 1.90. The number of hydrogen-bond donors (Lipinski definition) is 1. The topological polar surface area (TPSA) is 20.2 Å². The van der Waals surface area contributed by atoms with Gasteiger partial charge in [0.2, 0.25) is 0 Å². The van der Waals surface area contributed by atoms with Gasteiger partial charge in [-0.05, 0) is 23.4 Å². The Morgan fingerprint density at radius 2 is 2.00 bits per heavy atom. The van der Waals surface area contributed by atoms with E-state index in [-0.39, 0.29) is 6.61 Å². The molecule has 1 nitrogen and oxygen atoms in total. The molecule has 80 valence electrons. The molecule has 0 spiro atoms. The SMILES string of the molecule is CCSCc1ccc(C#CCCO)cc1. The molecule has 1 N–H and O–H groups in total. The summed E-state index contributed by atoms with van der Waals surface area (Å²) in [4.78, 5) is 0. The highest BCUT2D eigenvalue weighted by Crippen LogP contribution is 2.12. The van der Waals surface area contributed by atoms with Crippen LogP contribution in [-0.2, 0) is 5.75 Å². The van der Waals surface area contributed by atoms with Crippen LogP contribution in [0, 0.1) is 11.8 Å². The molecule has 15 heavy (non-hydrogen) atoms. The Balaban J connectivity index is 2.53. The van der Waals surface area contributed by atoms with E-state index < -0.39 is 0 Å². The predicted molar refractivity (Wildman–Crippen MR) is 66.9 cm³/mol. The van der Waals surface area contributed by atoms with Gasteiger partial charge in [-0.3, -0.25) is 0 Å². The van der Waals surface area contributed by atoms with Gasteiger partial charge in [0, 0.05) is 17.7 Å². The normalized spacial score (nSPS) is 9.47. The van der Waals surface area contributed by atoms with Gasteiger partial charge in [-0.2, -0.15) is 11.8 Å². The zero-order valence-electron chi connectivity index (χ0n) is 8.99. The smallest absolute Gasteiger partial charge is 0.0540 e. The van der Waals surface area contributed by atoms with Crippen molar-refractivity contribution in [1.82, 2.24) is 0 Å². The third kappa shape index (κ3) is 4.92. The highest BCUT2D eigenvalue weighted by Gasteiger charge is 1.92. The molecular formula is C13H16OS. The van der Waals surface area contributed by atoms with Crippen molar-refractivity contribution in [2.24, 2.45) is 0 Å². The second-order valence-electron chi connectivity index (χ2n) is 3.11. The van der Waals surface area contributed by atoms with Crippen molar-refractivity contribution in [1.29, 1.82) is 0 Å². The Hall–Kier alpha value is -0.910. The van der Waals surface area contributed by atoms with Gasteiger partial charge in [0.15, 0.2) is 0 Å². The van der Waals surface area contributed by atoms with E-state index in [0.717, 1.165) is 17.1 Å². The largest absolute Gasteiger partial charge is 0.395 e. The van der Waals surface area contributed by atoms with Crippen molar-refractivity contribution in [2.45, 2.75) is 19.1 Å². The van der Waals surface area contributed by atoms with Crippen molar-refractivity contribution < 1.29 is 5.11 Å². The monoisotopic (exact) mass is 220 g/mol. The molecule has 1 rings (SSSR count). The minimum Gasteiger partial charge on any atom is -0.395 e. The second kappa shape index (κ2) is 7.39. The van der Waals surface area contributed by atoms with Gasteiger partial charge >= 0.3 is 0 Å². The molecule has 0 radical (unpaired) electrons. The molecule has 0 bridgehead atoms. The molecule has 0 heterocycles. The molecule has 0 aliphatic rings. The van der Waals surface area contributed by atoms with Gasteiger partial charge in [0.25, 0.3) is 0 Å². The summed E-state index contributed by atoms with van der Waals surface area (Å²) in [5.41, 5.74) is 2.36. The lowest BCUT2D eigenvalue weighted by atomic mass is 10.1. The Morgan fingerprint density at radius 3 is 2.60 bits per heavy atom. The third-order valence-corrected chi connectivity index (χ3v) is 2.84. The van der Waals surface area contributed by atoms with Crippen LogP contribution < -0.4 is 0 Å². The highest BCUT2D eigenvalue weighted by atomic mass is 32.2. The minimum atomic E-state index is 0.137. The van der Waals surface area contributed by atoms with Crippen molar-refractivity contribution in [3.63, 3.8) is 0 Å². The van der Waals surface area contributed by atoms with Crippen LogP contribution in [0.15, 0.2) is 24.3 Å². The summed E-state index contributed by atoms with van der Waals surface area (Å²) in [5.74, 6) is 8.14. The first-order chi connectivity index (χ1) is 7.36. The first kappa shape index (κ1) is 12.2. The zero-order valence-corrected chi connectivity index (χ0v) is 9.81. The maximum absolute atomic E-state index is 8.58. The molecule has 0 amide bonds. The van der Waals surface area contributed by atoms with Crippen LogP contribution in [0.3, 0.4) is 0 Å². The van der Waals surface area contributed by atoms with Gasteiger partial charge < -0.3 is 5.11 Å². The quantitative estimate of drug-likeness (QED) is 0.787. The van der Waals surface area contributed by atoms with Crippen LogP contribution >= 0.6 is 11.8 Å². The molecule has 0 aromatic heterocycles. The molecule has 0 unspecified atom stereocenters. The lowest BCUT2D eigenvalue weighted by Gasteiger charge is -1.99. The molecule has 1 aromatic carbocycles. The van der Waals surface area contributed by atoms with Crippen LogP contribution in [0.5, 0.6) is 0 Å². The lowest BCUT2D eigenvalue weighted by molar-refractivity contribution is 0.305. The van der Waals surface area contributed by atoms with Crippen molar-refractivity contribution >= 4 is 11.8 Å². The number of aliphatic hydroxyl groups excluding tert-OH is 1. The van der Waals surface area contributed by atoms with Gasteiger partial charge in [0.05, 0.1) is 6.61 Å². The first-order valence-corrected chi connectivity index (χ1v) is 6.28. The fourth-order valence-corrected chi connectivity index (χ4v) is 1.76. The summed E-state index contributed by atoms with van der Waals surface area (Å²) in [5, 5.41) is 8.58. The average molecular weight is 220 g/mol. The van der Waals surface area contributed by atoms with E-state index in [1.807, 2.05) is 23.9 Å². The summed E-state index contributed by atoms with van der Waals surface area (Å²) >= 11 is 1.92. The van der Waals surface area contributed by atoms with E-state index in [9.17, 15) is 0 Å². The highest BCUT2D eigenvalue weighted by molar-refractivity contribution is 7.98. The summed E-state index contributed by atoms with van der Waals surface area (Å²) in [6, 6.07) is 8.31. The molecule has 0 aliphatic heterocycles. The van der Waals surface area contributed by atoms with E-state index in [4.69, 9.17) is 5.11 Å². The predicted octanol–water partition coefficient (Wildman–Crippen LogP) is 2.67. The number of aliphatic hydroxyl groups is 1. The standard InChI is InChI=1S/C13H16OS/c1-2-15-11-13-8-6-12(7-9-13)5-3-4-10-14/h6-9,14H,2,4,10-11H2,1H3. The van der Waals surface area contributed by atoms with E-state index >= 15 is 0 Å². The first-order valence-electron chi connectivity index (χ1n) is 5.13. The molecule has 1 aromatic rings. The van der Waals surface area contributed by atoms with Crippen LogP contribution in [0.1, 0.15) is 24.5 Å². The van der Waals surface area contributed by atoms with E-state index in [0.29, 0.717) is 6.42 Å². The van der Waals surface area contributed by atoms with E-state index in [1.165, 1.54) is 5.56 Å². The summed E-state index contributed by atoms with van der Waals surface area (Å²) in [7, 11) is 0. The Labute approximate surface area is 95.9 Å². The molecule has 2 heteroatoms. The zero-order chi connectivity index (χ0) is 10.9. The van der Waals surface area contributed by atoms with Gasteiger partial charge in [-0.15, -0.1) is 0 Å². The van der Waals surface area contributed by atoms with E-state index in [1.54, 1.807) is 0 Å². The Bertz CT molecular complexity index is 332. The van der Waals surface area contributed by atoms with Crippen LogP contribution in [0.25, 0.3) is 0 Å². The number of rotatable bonds is 4. The fraction of sp³-hybridized carbons (Fsp3) is 0.385. The molecule has 0 fully saturated rings. The fourth-order valence-electron chi connectivity index (χ4n) is 1.12. The van der Waals surface area contributed by atoms with Crippen molar-refractivity contribution in [3.05, 3.63) is 35.4 Å². The van der Waals surface area contributed by atoms with Crippen molar-refractivity contribution in [3.8, 4) is 11.8 Å². The molecule has 0 saturated heterocycles. The van der Waals surface area contributed by atoms with Crippen LogP contribution in [-0.4, -0.2) is 17.5 Å². The van der Waals surface area contributed by atoms with E-state index in [2.05, 4.69) is 30.9 Å². The Kier molecular flexibility index (Phi) is 5.99. The Morgan fingerprint density at radius 1 is 1.27 bits per heavy atom.